The molecule has 1 aromatic carbocycles. The SMILES string of the molecule is CC(CCl)CS(=O)(=O)Nc1cccc(-n2ccnc2)c1. The molecule has 0 aliphatic heterocycles. The molecule has 1 heterocycles. The van der Waals surface area contributed by atoms with Crippen LogP contribution in [0.5, 0.6) is 0 Å². The Morgan fingerprint density at radius 3 is 2.90 bits per heavy atom. The monoisotopic (exact) mass is 313 g/mol. The number of nitrogens with zero attached hydrogens (tertiary/aromatic N) is 2. The molecule has 108 valence electrons. The van der Waals surface area contributed by atoms with E-state index in [1.165, 1.54) is 0 Å². The van der Waals surface area contributed by atoms with E-state index in [1.807, 2.05) is 6.07 Å². The second-order valence-electron chi connectivity index (χ2n) is 4.66. The van der Waals surface area contributed by atoms with Crippen molar-refractivity contribution in [1.29, 1.82) is 0 Å². The van der Waals surface area contributed by atoms with E-state index in [1.54, 1.807) is 48.4 Å². The van der Waals surface area contributed by atoms with Crippen molar-refractivity contribution in [2.75, 3.05) is 16.4 Å². The molecule has 1 N–H and O–H groups in total. The van der Waals surface area contributed by atoms with Crippen LogP contribution in [-0.2, 0) is 10.0 Å². The number of nitrogens with one attached hydrogen (secondary N) is 1. The Bertz CT molecular complexity index is 656. The van der Waals surface area contributed by atoms with E-state index >= 15 is 0 Å². The van der Waals surface area contributed by atoms with Crippen molar-refractivity contribution in [3.05, 3.63) is 43.0 Å². The molecule has 0 saturated heterocycles. The minimum absolute atomic E-state index is 0.00576. The van der Waals surface area contributed by atoms with Gasteiger partial charge in [-0.2, -0.15) is 0 Å². The molecule has 1 atom stereocenters. The maximum Gasteiger partial charge on any atom is 0.233 e. The van der Waals surface area contributed by atoms with Crippen LogP contribution in [-0.4, -0.2) is 29.6 Å². The molecule has 1 aromatic heterocycles. The zero-order chi connectivity index (χ0) is 14.6. The molecule has 20 heavy (non-hydrogen) atoms. The lowest BCUT2D eigenvalue weighted by atomic mass is 10.3. The lowest BCUT2D eigenvalue weighted by molar-refractivity contribution is 0.588. The van der Waals surface area contributed by atoms with Crippen LogP contribution in [0.2, 0.25) is 0 Å². The van der Waals surface area contributed by atoms with E-state index in [0.29, 0.717) is 11.6 Å². The summed E-state index contributed by atoms with van der Waals surface area (Å²) in [6.07, 6.45) is 5.12. The first kappa shape index (κ1) is 14.9. The van der Waals surface area contributed by atoms with Gasteiger partial charge in [-0.25, -0.2) is 13.4 Å². The summed E-state index contributed by atoms with van der Waals surface area (Å²) in [6.45, 7) is 1.80. The van der Waals surface area contributed by atoms with Crippen LogP contribution in [0.15, 0.2) is 43.0 Å². The van der Waals surface area contributed by atoms with Gasteiger partial charge in [-0.3, -0.25) is 4.72 Å². The maximum atomic E-state index is 12.0. The van der Waals surface area contributed by atoms with Gasteiger partial charge < -0.3 is 4.57 Å². The Morgan fingerprint density at radius 1 is 1.45 bits per heavy atom. The van der Waals surface area contributed by atoms with E-state index < -0.39 is 10.0 Å². The van der Waals surface area contributed by atoms with Crippen LogP contribution >= 0.6 is 11.6 Å². The van der Waals surface area contributed by atoms with Gasteiger partial charge in [-0.15, -0.1) is 11.6 Å². The van der Waals surface area contributed by atoms with Crippen molar-refractivity contribution >= 4 is 27.3 Å². The van der Waals surface area contributed by atoms with Gasteiger partial charge in [0.25, 0.3) is 0 Å². The third-order valence-electron chi connectivity index (χ3n) is 2.69. The summed E-state index contributed by atoms with van der Waals surface area (Å²) < 4.78 is 28.3. The molecule has 7 heteroatoms. The minimum Gasteiger partial charge on any atom is -0.306 e. The summed E-state index contributed by atoms with van der Waals surface area (Å²) in [5.74, 6) is 0.230. The van der Waals surface area contributed by atoms with Crippen molar-refractivity contribution in [2.24, 2.45) is 5.92 Å². The molecule has 0 radical (unpaired) electrons. The first-order chi connectivity index (χ1) is 9.50. The molecule has 2 aromatic rings. The molecule has 0 saturated carbocycles. The third kappa shape index (κ3) is 3.98. The zero-order valence-electron chi connectivity index (χ0n) is 11.0. The Morgan fingerprint density at radius 2 is 2.25 bits per heavy atom. The van der Waals surface area contributed by atoms with Crippen LogP contribution in [0.25, 0.3) is 5.69 Å². The van der Waals surface area contributed by atoms with Crippen molar-refractivity contribution < 1.29 is 8.42 Å². The summed E-state index contributed by atoms with van der Waals surface area (Å²) >= 11 is 5.65. The fraction of sp³-hybridized carbons (Fsp3) is 0.308. The lowest BCUT2D eigenvalue weighted by Crippen LogP contribution is -2.22. The highest BCUT2D eigenvalue weighted by molar-refractivity contribution is 7.92. The van der Waals surface area contributed by atoms with Crippen molar-refractivity contribution in [1.82, 2.24) is 9.55 Å². The number of alkyl halides is 1. The number of anilines is 1. The minimum atomic E-state index is -3.39. The van der Waals surface area contributed by atoms with Gasteiger partial charge >= 0.3 is 0 Å². The van der Waals surface area contributed by atoms with Gasteiger partial charge in [0, 0.05) is 24.0 Å². The predicted molar refractivity (Wildman–Crippen MR) is 80.9 cm³/mol. The van der Waals surface area contributed by atoms with E-state index in [0.717, 1.165) is 5.69 Å². The van der Waals surface area contributed by atoms with Crippen LogP contribution < -0.4 is 4.72 Å². The normalized spacial score (nSPS) is 13.1. The molecule has 0 bridgehead atoms. The number of benzene rings is 1. The summed E-state index contributed by atoms with van der Waals surface area (Å²) in [6, 6.07) is 7.13. The van der Waals surface area contributed by atoms with Crippen LogP contribution in [0.1, 0.15) is 6.92 Å². The van der Waals surface area contributed by atoms with Crippen molar-refractivity contribution in [3.63, 3.8) is 0 Å². The summed E-state index contributed by atoms with van der Waals surface area (Å²) in [7, 11) is -3.39. The fourth-order valence-electron chi connectivity index (χ4n) is 1.78. The highest BCUT2D eigenvalue weighted by atomic mass is 35.5. The topological polar surface area (TPSA) is 64.0 Å². The number of hydrogen-bond donors (Lipinski definition) is 1. The average Bonchev–Trinajstić information content (AvgIpc) is 2.91. The molecular weight excluding hydrogens is 298 g/mol. The first-order valence-corrected chi connectivity index (χ1v) is 8.34. The Labute approximate surface area is 123 Å². The summed E-state index contributed by atoms with van der Waals surface area (Å²) in [4.78, 5) is 3.96. The molecule has 0 amide bonds. The Kier molecular flexibility index (Phi) is 4.67. The smallest absolute Gasteiger partial charge is 0.233 e. The number of sulfonamides is 1. The maximum absolute atomic E-state index is 12.0. The zero-order valence-corrected chi connectivity index (χ0v) is 12.6. The Balaban J connectivity index is 2.16. The van der Waals surface area contributed by atoms with Gasteiger partial charge in [-0.1, -0.05) is 13.0 Å². The van der Waals surface area contributed by atoms with Gasteiger partial charge in [0.2, 0.25) is 10.0 Å². The number of aromatic nitrogens is 2. The highest BCUT2D eigenvalue weighted by Gasteiger charge is 2.15. The molecular formula is C13H16ClN3O2S. The Hall–Kier alpha value is -1.53. The van der Waals surface area contributed by atoms with Gasteiger partial charge in [0.05, 0.1) is 17.8 Å². The standard InChI is InChI=1S/C13H16ClN3O2S/c1-11(8-14)9-20(18,19)16-12-3-2-4-13(7-12)17-6-5-15-10-17/h2-7,10-11,16H,8-9H2,1H3. The second-order valence-corrected chi connectivity index (χ2v) is 6.74. The largest absolute Gasteiger partial charge is 0.306 e. The molecule has 0 aliphatic carbocycles. The average molecular weight is 314 g/mol. The van der Waals surface area contributed by atoms with Gasteiger partial charge in [0.15, 0.2) is 0 Å². The highest BCUT2D eigenvalue weighted by Crippen LogP contribution is 2.16. The quantitative estimate of drug-likeness (QED) is 0.833. The number of halogens is 1. The van der Waals surface area contributed by atoms with Gasteiger partial charge in [0.1, 0.15) is 0 Å². The van der Waals surface area contributed by atoms with Crippen molar-refractivity contribution in [2.45, 2.75) is 6.92 Å². The molecule has 5 nitrogen and oxygen atoms in total. The third-order valence-corrected chi connectivity index (χ3v) is 4.77. The number of hydrogen-bond acceptors (Lipinski definition) is 3. The van der Waals surface area contributed by atoms with E-state index in [2.05, 4.69) is 9.71 Å². The summed E-state index contributed by atoms with van der Waals surface area (Å²) in [5.41, 5.74) is 1.37. The number of rotatable bonds is 6. The molecule has 0 spiro atoms. The predicted octanol–water partition coefficient (Wildman–Crippen LogP) is 2.49. The molecule has 2 rings (SSSR count). The summed E-state index contributed by atoms with van der Waals surface area (Å²) in [5, 5.41) is 0. The van der Waals surface area contributed by atoms with Crippen LogP contribution in [0.4, 0.5) is 5.69 Å². The lowest BCUT2D eigenvalue weighted by Gasteiger charge is -2.12. The van der Waals surface area contributed by atoms with Crippen LogP contribution in [0.3, 0.4) is 0 Å². The van der Waals surface area contributed by atoms with Crippen LogP contribution in [0, 0.1) is 5.92 Å². The van der Waals surface area contributed by atoms with Crippen molar-refractivity contribution in [3.8, 4) is 5.69 Å². The molecule has 0 aliphatic rings. The fourth-order valence-corrected chi connectivity index (χ4v) is 3.46. The van der Waals surface area contributed by atoms with E-state index in [-0.39, 0.29) is 11.7 Å². The van der Waals surface area contributed by atoms with E-state index in [4.69, 9.17) is 11.6 Å². The second kappa shape index (κ2) is 6.28. The molecule has 1 unspecified atom stereocenters. The van der Waals surface area contributed by atoms with E-state index in [9.17, 15) is 8.42 Å². The molecule has 0 fully saturated rings. The van der Waals surface area contributed by atoms with Gasteiger partial charge in [-0.05, 0) is 24.1 Å². The number of imidazole rings is 1. The first-order valence-electron chi connectivity index (χ1n) is 6.15.